The van der Waals surface area contributed by atoms with E-state index in [-0.39, 0.29) is 5.41 Å². The average Bonchev–Trinajstić information content (AvgIpc) is 2.54. The summed E-state index contributed by atoms with van der Waals surface area (Å²) in [7, 11) is 5.10. The standard InChI is InChI=1S/C23H38B2/c1-17-10-9-15-23(25,16-17)19-12-8-11-18(20(19)21(2,3)4)22(24)13-6-5-7-14-22/h8,11-12,17H,5-7,9-10,13-16,24-25H2,1-4H3. The smallest absolute Gasteiger partial charge is 0.0625 e. The molecule has 0 amide bonds. The molecule has 0 bridgehead atoms. The Morgan fingerprint density at radius 1 is 0.880 bits per heavy atom. The quantitative estimate of drug-likeness (QED) is 0.680. The van der Waals surface area contributed by atoms with Gasteiger partial charge in [0.05, 0.1) is 0 Å². The molecule has 3 rings (SSSR count). The van der Waals surface area contributed by atoms with Gasteiger partial charge in [0.2, 0.25) is 0 Å². The SMILES string of the molecule is BC1(c2cccc(C3(B)CCCC(C)C3)c2C(C)(C)C)CCCCC1. The molecule has 25 heavy (non-hydrogen) atoms. The maximum absolute atomic E-state index is 2.56. The summed E-state index contributed by atoms with van der Waals surface area (Å²) in [5, 5.41) is 0.745. The van der Waals surface area contributed by atoms with Crippen molar-refractivity contribution in [2.45, 2.75) is 102 Å². The molecule has 2 unspecified atom stereocenters. The molecule has 2 aliphatic carbocycles. The highest BCUT2D eigenvalue weighted by Crippen LogP contribution is 2.48. The van der Waals surface area contributed by atoms with Gasteiger partial charge < -0.3 is 0 Å². The fraction of sp³-hybridized carbons (Fsp3) is 0.739. The Kier molecular flexibility index (Phi) is 5.22. The largest absolute Gasteiger partial charge is 0.115 e. The zero-order valence-electron chi connectivity index (χ0n) is 17.7. The Bertz CT molecular complexity index is 607. The summed E-state index contributed by atoms with van der Waals surface area (Å²) in [5.74, 6) is 0.862. The van der Waals surface area contributed by atoms with Crippen molar-refractivity contribution in [3.63, 3.8) is 0 Å². The van der Waals surface area contributed by atoms with Gasteiger partial charge in [0.25, 0.3) is 0 Å². The summed E-state index contributed by atoms with van der Waals surface area (Å²) in [4.78, 5) is 0. The Labute approximate surface area is 158 Å². The lowest BCUT2D eigenvalue weighted by molar-refractivity contribution is 0.306. The first-order valence-electron chi connectivity index (χ1n) is 10.8. The Morgan fingerprint density at radius 2 is 1.44 bits per heavy atom. The normalized spacial score (nSPS) is 30.2. The summed E-state index contributed by atoms with van der Waals surface area (Å²) in [6, 6.07) is 7.34. The molecule has 0 saturated heterocycles. The molecule has 0 aromatic heterocycles. The van der Waals surface area contributed by atoms with Crippen LogP contribution in [0.2, 0.25) is 0 Å². The van der Waals surface area contributed by atoms with Crippen LogP contribution in [-0.4, -0.2) is 15.7 Å². The van der Waals surface area contributed by atoms with Crippen LogP contribution in [0.1, 0.15) is 102 Å². The van der Waals surface area contributed by atoms with Crippen molar-refractivity contribution in [1.82, 2.24) is 0 Å². The van der Waals surface area contributed by atoms with Crippen LogP contribution in [0.4, 0.5) is 0 Å². The molecule has 0 radical (unpaired) electrons. The van der Waals surface area contributed by atoms with Crippen LogP contribution in [0.25, 0.3) is 0 Å². The first-order valence-corrected chi connectivity index (χ1v) is 10.8. The van der Waals surface area contributed by atoms with E-state index in [2.05, 4.69) is 61.6 Å². The average molecular weight is 336 g/mol. The predicted molar refractivity (Wildman–Crippen MR) is 116 cm³/mol. The zero-order valence-corrected chi connectivity index (χ0v) is 17.7. The van der Waals surface area contributed by atoms with Crippen LogP contribution in [0, 0.1) is 5.92 Å². The summed E-state index contributed by atoms with van der Waals surface area (Å²) in [5.41, 5.74) is 5.26. The van der Waals surface area contributed by atoms with Crippen LogP contribution < -0.4 is 0 Å². The van der Waals surface area contributed by atoms with Gasteiger partial charge in [-0.05, 0) is 45.1 Å². The lowest BCUT2D eigenvalue weighted by Crippen LogP contribution is -2.39. The molecule has 0 heterocycles. The van der Waals surface area contributed by atoms with Gasteiger partial charge in [0, 0.05) is 0 Å². The van der Waals surface area contributed by atoms with E-state index >= 15 is 0 Å². The van der Waals surface area contributed by atoms with Crippen molar-refractivity contribution < 1.29 is 0 Å². The van der Waals surface area contributed by atoms with Crippen molar-refractivity contribution in [3.05, 3.63) is 34.9 Å². The summed E-state index contributed by atoms with van der Waals surface area (Å²) in [6.07, 6.45) is 12.5. The van der Waals surface area contributed by atoms with Gasteiger partial charge in [-0.3, -0.25) is 0 Å². The monoisotopic (exact) mass is 336 g/mol. The molecular weight excluding hydrogens is 298 g/mol. The van der Waals surface area contributed by atoms with E-state index < -0.39 is 0 Å². The van der Waals surface area contributed by atoms with Gasteiger partial charge in [0.15, 0.2) is 0 Å². The number of hydrogen-bond acceptors (Lipinski definition) is 0. The maximum Gasteiger partial charge on any atom is 0.115 e. The molecule has 0 N–H and O–H groups in total. The highest BCUT2D eigenvalue weighted by molar-refractivity contribution is 6.17. The van der Waals surface area contributed by atoms with Crippen LogP contribution in [0.15, 0.2) is 18.2 Å². The minimum absolute atomic E-state index is 0.218. The van der Waals surface area contributed by atoms with Crippen molar-refractivity contribution in [2.75, 3.05) is 0 Å². The van der Waals surface area contributed by atoms with E-state index in [1.165, 1.54) is 57.8 Å². The van der Waals surface area contributed by atoms with Crippen molar-refractivity contribution in [2.24, 2.45) is 5.92 Å². The lowest BCUT2D eigenvalue weighted by Gasteiger charge is -2.45. The van der Waals surface area contributed by atoms with Crippen molar-refractivity contribution in [3.8, 4) is 0 Å². The van der Waals surface area contributed by atoms with E-state index in [1.54, 1.807) is 16.7 Å². The molecule has 136 valence electrons. The Hall–Kier alpha value is -0.650. The van der Waals surface area contributed by atoms with Crippen LogP contribution >= 0.6 is 0 Å². The molecule has 2 fully saturated rings. The van der Waals surface area contributed by atoms with Crippen LogP contribution in [-0.2, 0) is 16.0 Å². The highest BCUT2D eigenvalue weighted by Gasteiger charge is 2.40. The Morgan fingerprint density at radius 3 is 2.00 bits per heavy atom. The Balaban J connectivity index is 2.15. The molecule has 2 saturated carbocycles. The third kappa shape index (κ3) is 3.74. The second-order valence-corrected chi connectivity index (χ2v) is 10.9. The predicted octanol–water partition coefficient (Wildman–Crippen LogP) is 4.82. The topological polar surface area (TPSA) is 0 Å². The number of rotatable bonds is 2. The van der Waals surface area contributed by atoms with Crippen LogP contribution in [0.3, 0.4) is 0 Å². The fourth-order valence-electron chi connectivity index (χ4n) is 6.03. The number of hydrogen-bond donors (Lipinski definition) is 0. The molecule has 0 aliphatic heterocycles. The molecule has 1 aromatic carbocycles. The van der Waals surface area contributed by atoms with Gasteiger partial charge >= 0.3 is 0 Å². The lowest BCUT2D eigenvalue weighted by atomic mass is 9.50. The zero-order chi connectivity index (χ0) is 18.3. The van der Waals surface area contributed by atoms with Crippen LogP contribution in [0.5, 0.6) is 0 Å². The molecule has 1 aromatic rings. The van der Waals surface area contributed by atoms with E-state index in [1.807, 2.05) is 0 Å². The second kappa shape index (κ2) is 6.82. The number of benzene rings is 1. The molecular formula is C23H38B2. The van der Waals surface area contributed by atoms with Gasteiger partial charge in [-0.2, -0.15) is 0 Å². The minimum atomic E-state index is 0.218. The van der Waals surface area contributed by atoms with E-state index in [9.17, 15) is 0 Å². The molecule has 2 aliphatic rings. The molecule has 2 heteroatoms. The maximum atomic E-state index is 2.56. The van der Waals surface area contributed by atoms with E-state index in [0.717, 1.165) is 5.92 Å². The molecule has 2 atom stereocenters. The first-order chi connectivity index (χ1) is 11.7. The summed E-state index contributed by atoms with van der Waals surface area (Å²) in [6.45, 7) is 9.78. The van der Waals surface area contributed by atoms with Gasteiger partial charge in [-0.25, -0.2) is 0 Å². The summed E-state index contributed by atoms with van der Waals surface area (Å²) >= 11 is 0. The van der Waals surface area contributed by atoms with Gasteiger partial charge in [-0.1, -0.05) is 97.3 Å². The highest BCUT2D eigenvalue weighted by atomic mass is 14.4. The van der Waals surface area contributed by atoms with E-state index in [4.69, 9.17) is 0 Å². The minimum Gasteiger partial charge on any atom is -0.0625 e. The summed E-state index contributed by atoms with van der Waals surface area (Å²) < 4.78 is 0. The van der Waals surface area contributed by atoms with Crippen molar-refractivity contribution >= 4 is 15.7 Å². The third-order valence-corrected chi connectivity index (χ3v) is 7.30. The third-order valence-electron chi connectivity index (χ3n) is 7.30. The molecule has 0 spiro atoms. The van der Waals surface area contributed by atoms with E-state index in [0.29, 0.717) is 10.6 Å². The fourth-order valence-corrected chi connectivity index (χ4v) is 6.03. The molecule has 0 nitrogen and oxygen atoms in total. The van der Waals surface area contributed by atoms with Crippen molar-refractivity contribution in [1.29, 1.82) is 0 Å². The van der Waals surface area contributed by atoms with Gasteiger partial charge in [-0.15, -0.1) is 0 Å². The second-order valence-electron chi connectivity index (χ2n) is 10.9. The first kappa shape index (κ1) is 19.1. The van der Waals surface area contributed by atoms with Gasteiger partial charge in [0.1, 0.15) is 15.7 Å².